The molecular formula is C22H24N4O2. The van der Waals surface area contributed by atoms with Crippen molar-refractivity contribution in [2.45, 2.75) is 25.3 Å². The lowest BCUT2D eigenvalue weighted by Crippen LogP contribution is -2.33. The topological polar surface area (TPSA) is 71.1 Å². The Balaban J connectivity index is 1.45. The Morgan fingerprint density at radius 3 is 2.75 bits per heavy atom. The fourth-order valence-electron chi connectivity index (χ4n) is 3.77. The van der Waals surface area contributed by atoms with Crippen molar-refractivity contribution in [3.63, 3.8) is 0 Å². The van der Waals surface area contributed by atoms with Gasteiger partial charge in [-0.05, 0) is 44.1 Å². The molecule has 0 aliphatic carbocycles. The maximum Gasteiger partial charge on any atom is 0.251 e. The van der Waals surface area contributed by atoms with Crippen molar-refractivity contribution in [3.8, 4) is 17.0 Å². The quantitative estimate of drug-likeness (QED) is 0.740. The Morgan fingerprint density at radius 2 is 2.00 bits per heavy atom. The highest BCUT2D eigenvalue weighted by Crippen LogP contribution is 2.28. The lowest BCUT2D eigenvalue weighted by atomic mass is 9.95. The second-order valence-electron chi connectivity index (χ2n) is 7.12. The molecule has 0 saturated carbocycles. The standard InChI is InChI=1S/C22H24N4O2/c1-28-20-7-3-2-5-18(20)15-26-11-8-16(9-12-26)22-24-19(13-21(27)25-22)17-6-4-10-23-14-17/h2-7,10,13-14,16H,8-9,11-12,15H2,1H3,(H,24,25,27). The second kappa shape index (κ2) is 8.35. The Kier molecular flexibility index (Phi) is 5.48. The second-order valence-corrected chi connectivity index (χ2v) is 7.12. The predicted molar refractivity (Wildman–Crippen MR) is 108 cm³/mol. The number of para-hydroxylation sites is 1. The monoisotopic (exact) mass is 376 g/mol. The van der Waals surface area contributed by atoms with E-state index >= 15 is 0 Å². The molecule has 3 heterocycles. The summed E-state index contributed by atoms with van der Waals surface area (Å²) in [6.07, 6.45) is 5.39. The van der Waals surface area contributed by atoms with Crippen molar-refractivity contribution >= 4 is 0 Å². The number of benzene rings is 1. The molecule has 3 aromatic rings. The van der Waals surface area contributed by atoms with Gasteiger partial charge in [-0.1, -0.05) is 18.2 Å². The van der Waals surface area contributed by atoms with E-state index in [4.69, 9.17) is 9.72 Å². The van der Waals surface area contributed by atoms with Crippen molar-refractivity contribution in [2.75, 3.05) is 20.2 Å². The van der Waals surface area contributed by atoms with E-state index in [2.05, 4.69) is 20.9 Å². The van der Waals surface area contributed by atoms with Gasteiger partial charge >= 0.3 is 0 Å². The van der Waals surface area contributed by atoms with Crippen molar-refractivity contribution < 1.29 is 4.74 Å². The molecule has 0 bridgehead atoms. The number of aromatic nitrogens is 3. The predicted octanol–water partition coefficient (Wildman–Crippen LogP) is 3.22. The molecule has 2 aromatic heterocycles. The fourth-order valence-corrected chi connectivity index (χ4v) is 3.77. The molecule has 1 N–H and O–H groups in total. The molecule has 1 aliphatic rings. The van der Waals surface area contributed by atoms with Gasteiger partial charge in [-0.15, -0.1) is 0 Å². The normalized spacial score (nSPS) is 15.5. The molecule has 0 spiro atoms. The molecule has 0 atom stereocenters. The molecule has 1 saturated heterocycles. The first-order chi connectivity index (χ1) is 13.7. The zero-order valence-electron chi connectivity index (χ0n) is 16.0. The Hall–Kier alpha value is -2.99. The summed E-state index contributed by atoms with van der Waals surface area (Å²) in [6, 6.07) is 13.5. The van der Waals surface area contributed by atoms with Crippen LogP contribution >= 0.6 is 0 Å². The van der Waals surface area contributed by atoms with Gasteiger partial charge in [0.05, 0.1) is 12.8 Å². The van der Waals surface area contributed by atoms with E-state index in [0.717, 1.165) is 49.6 Å². The SMILES string of the molecule is COc1ccccc1CN1CCC(c2nc(-c3cccnc3)cc(=O)[nH]2)CC1. The van der Waals surface area contributed by atoms with Crippen molar-refractivity contribution in [1.29, 1.82) is 0 Å². The molecule has 1 aromatic carbocycles. The molecule has 1 fully saturated rings. The first kappa shape index (κ1) is 18.4. The summed E-state index contributed by atoms with van der Waals surface area (Å²) in [5, 5.41) is 0. The van der Waals surface area contributed by atoms with Crippen LogP contribution in [-0.2, 0) is 6.54 Å². The number of hydrogen-bond donors (Lipinski definition) is 1. The number of piperidine rings is 1. The lowest BCUT2D eigenvalue weighted by Gasteiger charge is -2.31. The average Bonchev–Trinajstić information content (AvgIpc) is 2.75. The minimum absolute atomic E-state index is 0.111. The molecular weight excluding hydrogens is 352 g/mol. The summed E-state index contributed by atoms with van der Waals surface area (Å²) < 4.78 is 5.46. The van der Waals surface area contributed by atoms with Gasteiger partial charge < -0.3 is 9.72 Å². The number of likely N-dealkylation sites (tertiary alicyclic amines) is 1. The maximum atomic E-state index is 12.2. The average molecular weight is 376 g/mol. The Labute approximate surface area is 164 Å². The highest BCUT2D eigenvalue weighted by molar-refractivity contribution is 5.56. The molecule has 28 heavy (non-hydrogen) atoms. The summed E-state index contributed by atoms with van der Waals surface area (Å²) in [7, 11) is 1.71. The maximum absolute atomic E-state index is 12.2. The molecule has 6 heteroatoms. The van der Waals surface area contributed by atoms with Gasteiger partial charge in [0.1, 0.15) is 11.6 Å². The zero-order chi connectivity index (χ0) is 19.3. The van der Waals surface area contributed by atoms with Crippen LogP contribution in [-0.4, -0.2) is 40.1 Å². The number of rotatable bonds is 5. The molecule has 6 nitrogen and oxygen atoms in total. The lowest BCUT2D eigenvalue weighted by molar-refractivity contribution is 0.199. The Morgan fingerprint density at radius 1 is 1.18 bits per heavy atom. The number of pyridine rings is 1. The van der Waals surface area contributed by atoms with Crippen molar-refractivity contribution in [1.82, 2.24) is 19.9 Å². The number of nitrogens with one attached hydrogen (secondary N) is 1. The Bertz CT molecular complexity index is 979. The van der Waals surface area contributed by atoms with Crippen LogP contribution in [0.15, 0.2) is 59.7 Å². The number of H-pyrrole nitrogens is 1. The van der Waals surface area contributed by atoms with Crippen LogP contribution in [0.5, 0.6) is 5.75 Å². The largest absolute Gasteiger partial charge is 0.496 e. The van der Waals surface area contributed by atoms with Crippen LogP contribution in [0.4, 0.5) is 0 Å². The summed E-state index contributed by atoms with van der Waals surface area (Å²) in [4.78, 5) is 26.4. The molecule has 0 amide bonds. The summed E-state index contributed by atoms with van der Waals surface area (Å²) >= 11 is 0. The van der Waals surface area contributed by atoms with Gasteiger partial charge in [-0.3, -0.25) is 14.7 Å². The first-order valence-corrected chi connectivity index (χ1v) is 9.59. The zero-order valence-corrected chi connectivity index (χ0v) is 16.0. The summed E-state index contributed by atoms with van der Waals surface area (Å²) in [6.45, 7) is 2.80. The third-order valence-corrected chi connectivity index (χ3v) is 5.28. The number of aromatic amines is 1. The van der Waals surface area contributed by atoms with Gasteiger partial charge in [-0.25, -0.2) is 4.98 Å². The molecule has 144 valence electrons. The molecule has 0 radical (unpaired) electrons. The minimum atomic E-state index is -0.111. The first-order valence-electron chi connectivity index (χ1n) is 9.59. The van der Waals surface area contributed by atoms with E-state index in [9.17, 15) is 4.79 Å². The van der Waals surface area contributed by atoms with Gasteiger partial charge in [0, 0.05) is 42.0 Å². The van der Waals surface area contributed by atoms with Crippen LogP contribution in [0.25, 0.3) is 11.3 Å². The van der Waals surface area contributed by atoms with Gasteiger partial charge in [0.25, 0.3) is 5.56 Å². The van der Waals surface area contributed by atoms with E-state index < -0.39 is 0 Å². The number of nitrogens with zero attached hydrogens (tertiary/aromatic N) is 3. The minimum Gasteiger partial charge on any atom is -0.496 e. The highest BCUT2D eigenvalue weighted by Gasteiger charge is 2.23. The van der Waals surface area contributed by atoms with Crippen LogP contribution in [0.2, 0.25) is 0 Å². The number of hydrogen-bond acceptors (Lipinski definition) is 5. The van der Waals surface area contributed by atoms with Crippen molar-refractivity contribution in [2.24, 2.45) is 0 Å². The highest BCUT2D eigenvalue weighted by atomic mass is 16.5. The molecule has 0 unspecified atom stereocenters. The van der Waals surface area contributed by atoms with E-state index in [0.29, 0.717) is 5.69 Å². The molecule has 4 rings (SSSR count). The van der Waals surface area contributed by atoms with E-state index in [-0.39, 0.29) is 11.5 Å². The van der Waals surface area contributed by atoms with Crippen LogP contribution in [0.1, 0.15) is 30.1 Å². The molecule has 1 aliphatic heterocycles. The third-order valence-electron chi connectivity index (χ3n) is 5.28. The number of methoxy groups -OCH3 is 1. The van der Waals surface area contributed by atoms with Crippen molar-refractivity contribution in [3.05, 3.63) is 76.6 Å². The summed E-state index contributed by atoms with van der Waals surface area (Å²) in [5.41, 5.74) is 2.64. The summed E-state index contributed by atoms with van der Waals surface area (Å²) in [5.74, 6) is 1.97. The van der Waals surface area contributed by atoms with Crippen LogP contribution in [0, 0.1) is 0 Å². The van der Waals surface area contributed by atoms with Gasteiger partial charge in [0.2, 0.25) is 0 Å². The van der Waals surface area contributed by atoms with Crippen LogP contribution < -0.4 is 10.3 Å². The smallest absolute Gasteiger partial charge is 0.251 e. The fraction of sp³-hybridized carbons (Fsp3) is 0.318. The van der Waals surface area contributed by atoms with Crippen LogP contribution in [0.3, 0.4) is 0 Å². The number of ether oxygens (including phenoxy) is 1. The third kappa shape index (κ3) is 4.12. The van der Waals surface area contributed by atoms with Gasteiger partial charge in [-0.2, -0.15) is 0 Å². The van der Waals surface area contributed by atoms with Gasteiger partial charge in [0.15, 0.2) is 0 Å². The van der Waals surface area contributed by atoms with E-state index in [1.807, 2.05) is 30.3 Å². The van der Waals surface area contributed by atoms with E-state index in [1.165, 1.54) is 11.6 Å². The van der Waals surface area contributed by atoms with E-state index in [1.54, 1.807) is 19.5 Å².